The third kappa shape index (κ3) is 4.42. The molecule has 1 aliphatic carbocycles. The Morgan fingerprint density at radius 3 is 2.65 bits per heavy atom. The highest BCUT2D eigenvalue weighted by Gasteiger charge is 2.22. The Labute approximate surface area is 138 Å². The van der Waals surface area contributed by atoms with Gasteiger partial charge in [-0.1, -0.05) is 32.1 Å². The lowest BCUT2D eigenvalue weighted by Gasteiger charge is -2.19. The first-order valence-corrected chi connectivity index (χ1v) is 9.48. The fourth-order valence-corrected chi connectivity index (χ4v) is 4.27. The van der Waals surface area contributed by atoms with E-state index in [1.54, 1.807) is 18.2 Å². The molecule has 0 fully saturated rings. The Morgan fingerprint density at radius 1 is 1.30 bits per heavy atom. The SMILES string of the molecule is CCN(CC)S(=O)(=O)c1cccc(NC(=O)CC2C=CCC2)c1. The van der Waals surface area contributed by atoms with Crippen LogP contribution in [0.25, 0.3) is 0 Å². The highest BCUT2D eigenvalue weighted by atomic mass is 32.2. The van der Waals surface area contributed by atoms with Crippen molar-refractivity contribution in [3.8, 4) is 0 Å². The quantitative estimate of drug-likeness (QED) is 0.778. The summed E-state index contributed by atoms with van der Waals surface area (Å²) < 4.78 is 26.4. The molecule has 0 spiro atoms. The Balaban J connectivity index is 2.10. The summed E-state index contributed by atoms with van der Waals surface area (Å²) >= 11 is 0. The van der Waals surface area contributed by atoms with Crippen LogP contribution in [0.5, 0.6) is 0 Å². The van der Waals surface area contributed by atoms with Crippen molar-refractivity contribution in [2.24, 2.45) is 5.92 Å². The summed E-state index contributed by atoms with van der Waals surface area (Å²) in [6.45, 7) is 4.45. The van der Waals surface area contributed by atoms with Crippen LogP contribution in [-0.2, 0) is 14.8 Å². The number of sulfonamides is 1. The molecule has 126 valence electrons. The molecule has 23 heavy (non-hydrogen) atoms. The largest absolute Gasteiger partial charge is 0.326 e. The van der Waals surface area contributed by atoms with E-state index < -0.39 is 10.0 Å². The molecule has 1 unspecified atom stereocenters. The molecular weight excluding hydrogens is 312 g/mol. The van der Waals surface area contributed by atoms with Crippen molar-refractivity contribution in [2.75, 3.05) is 18.4 Å². The van der Waals surface area contributed by atoms with Crippen LogP contribution in [0.3, 0.4) is 0 Å². The fraction of sp³-hybridized carbons (Fsp3) is 0.471. The molecule has 2 rings (SSSR count). The topological polar surface area (TPSA) is 66.5 Å². The summed E-state index contributed by atoms with van der Waals surface area (Å²) in [7, 11) is -3.51. The van der Waals surface area contributed by atoms with E-state index in [1.807, 2.05) is 13.8 Å². The summed E-state index contributed by atoms with van der Waals surface area (Å²) in [4.78, 5) is 12.3. The predicted octanol–water partition coefficient (Wildman–Crippen LogP) is 3.01. The summed E-state index contributed by atoms with van der Waals surface area (Å²) in [5.74, 6) is 0.205. The van der Waals surface area contributed by atoms with E-state index in [4.69, 9.17) is 0 Å². The zero-order chi connectivity index (χ0) is 16.9. The monoisotopic (exact) mass is 336 g/mol. The standard InChI is InChI=1S/C17H24N2O3S/c1-3-19(4-2)23(21,22)16-11-7-10-15(13-16)18-17(20)12-14-8-5-6-9-14/h5,7-8,10-11,13-14H,3-4,6,9,12H2,1-2H3,(H,18,20). The number of hydrogen-bond donors (Lipinski definition) is 1. The molecule has 1 aliphatic rings. The van der Waals surface area contributed by atoms with E-state index in [0.717, 1.165) is 12.8 Å². The molecular formula is C17H24N2O3S. The number of carbonyl (C=O) groups is 1. The first-order chi connectivity index (χ1) is 11.0. The molecule has 1 aromatic rings. The molecule has 1 aromatic carbocycles. The van der Waals surface area contributed by atoms with E-state index in [0.29, 0.717) is 25.2 Å². The lowest BCUT2D eigenvalue weighted by molar-refractivity contribution is -0.116. The van der Waals surface area contributed by atoms with Crippen molar-refractivity contribution in [1.29, 1.82) is 0 Å². The number of amides is 1. The maximum absolute atomic E-state index is 12.5. The molecule has 0 aromatic heterocycles. The van der Waals surface area contributed by atoms with Gasteiger partial charge in [0, 0.05) is 25.2 Å². The van der Waals surface area contributed by atoms with Gasteiger partial charge in [-0.2, -0.15) is 4.31 Å². The molecule has 5 nitrogen and oxygen atoms in total. The summed E-state index contributed by atoms with van der Waals surface area (Å²) in [5, 5.41) is 2.80. The van der Waals surface area contributed by atoms with Crippen molar-refractivity contribution in [2.45, 2.75) is 38.0 Å². The number of nitrogens with zero attached hydrogens (tertiary/aromatic N) is 1. The summed E-state index contributed by atoms with van der Waals surface area (Å²) in [6, 6.07) is 6.45. The molecule has 0 heterocycles. The van der Waals surface area contributed by atoms with Crippen molar-refractivity contribution in [1.82, 2.24) is 4.31 Å². The zero-order valence-corrected chi connectivity index (χ0v) is 14.5. The van der Waals surface area contributed by atoms with Crippen LogP contribution in [0.2, 0.25) is 0 Å². The van der Waals surface area contributed by atoms with Gasteiger partial charge in [0.1, 0.15) is 0 Å². The van der Waals surface area contributed by atoms with Crippen LogP contribution in [-0.4, -0.2) is 31.7 Å². The van der Waals surface area contributed by atoms with Crippen LogP contribution in [0, 0.1) is 5.92 Å². The average Bonchev–Trinajstić information content (AvgIpc) is 3.01. The zero-order valence-electron chi connectivity index (χ0n) is 13.7. The first kappa shape index (κ1) is 17.7. The van der Waals surface area contributed by atoms with Crippen LogP contribution in [0.4, 0.5) is 5.69 Å². The van der Waals surface area contributed by atoms with Gasteiger partial charge in [0.05, 0.1) is 4.90 Å². The van der Waals surface area contributed by atoms with Crippen molar-refractivity contribution in [3.05, 3.63) is 36.4 Å². The third-order valence-corrected chi connectivity index (χ3v) is 6.07. The molecule has 0 saturated heterocycles. The van der Waals surface area contributed by atoms with Gasteiger partial charge in [-0.05, 0) is 37.0 Å². The van der Waals surface area contributed by atoms with Crippen LogP contribution in [0.15, 0.2) is 41.3 Å². The van der Waals surface area contributed by atoms with Crippen molar-refractivity contribution >= 4 is 21.6 Å². The highest BCUT2D eigenvalue weighted by Crippen LogP contribution is 2.22. The Hall–Kier alpha value is -1.66. The Kier molecular flexibility index (Phi) is 5.96. The Bertz CT molecular complexity index is 679. The molecule has 0 aliphatic heterocycles. The lowest BCUT2D eigenvalue weighted by Crippen LogP contribution is -2.30. The predicted molar refractivity (Wildman–Crippen MR) is 91.7 cm³/mol. The summed E-state index contributed by atoms with van der Waals surface area (Å²) in [5.41, 5.74) is 0.519. The van der Waals surface area contributed by atoms with Gasteiger partial charge in [0.25, 0.3) is 0 Å². The van der Waals surface area contributed by atoms with Gasteiger partial charge in [0.15, 0.2) is 0 Å². The second-order valence-corrected chi connectivity index (χ2v) is 7.57. The third-order valence-electron chi connectivity index (χ3n) is 4.02. The smallest absolute Gasteiger partial charge is 0.243 e. The normalized spacial score (nSPS) is 17.6. The molecule has 1 amide bonds. The summed E-state index contributed by atoms with van der Waals surface area (Å²) in [6.07, 6.45) is 6.62. The maximum atomic E-state index is 12.5. The van der Waals surface area contributed by atoms with Gasteiger partial charge in [0.2, 0.25) is 15.9 Å². The Morgan fingerprint density at radius 2 is 2.04 bits per heavy atom. The fourth-order valence-electron chi connectivity index (χ4n) is 2.76. The molecule has 0 bridgehead atoms. The van der Waals surface area contributed by atoms with Crippen LogP contribution >= 0.6 is 0 Å². The maximum Gasteiger partial charge on any atom is 0.243 e. The van der Waals surface area contributed by atoms with Crippen LogP contribution in [0.1, 0.15) is 33.1 Å². The minimum absolute atomic E-state index is 0.0843. The van der Waals surface area contributed by atoms with E-state index in [-0.39, 0.29) is 16.7 Å². The number of rotatable bonds is 7. The lowest BCUT2D eigenvalue weighted by atomic mass is 10.1. The second-order valence-electron chi connectivity index (χ2n) is 5.64. The number of benzene rings is 1. The number of nitrogens with one attached hydrogen (secondary N) is 1. The van der Waals surface area contributed by atoms with Gasteiger partial charge in [-0.25, -0.2) is 8.42 Å². The van der Waals surface area contributed by atoms with E-state index >= 15 is 0 Å². The number of allylic oxidation sites excluding steroid dienone is 2. The second kappa shape index (κ2) is 7.75. The van der Waals surface area contributed by atoms with Gasteiger partial charge in [-0.3, -0.25) is 4.79 Å². The molecule has 0 saturated carbocycles. The molecule has 1 N–H and O–H groups in total. The van der Waals surface area contributed by atoms with E-state index in [9.17, 15) is 13.2 Å². The number of anilines is 1. The van der Waals surface area contributed by atoms with Gasteiger partial charge in [-0.15, -0.1) is 0 Å². The van der Waals surface area contributed by atoms with Gasteiger partial charge < -0.3 is 5.32 Å². The highest BCUT2D eigenvalue weighted by molar-refractivity contribution is 7.89. The van der Waals surface area contributed by atoms with E-state index in [1.165, 1.54) is 10.4 Å². The van der Waals surface area contributed by atoms with Crippen molar-refractivity contribution < 1.29 is 13.2 Å². The minimum atomic E-state index is -3.51. The number of carbonyl (C=O) groups excluding carboxylic acids is 1. The molecule has 0 radical (unpaired) electrons. The van der Waals surface area contributed by atoms with Gasteiger partial charge >= 0.3 is 0 Å². The number of hydrogen-bond acceptors (Lipinski definition) is 3. The first-order valence-electron chi connectivity index (χ1n) is 8.04. The van der Waals surface area contributed by atoms with Crippen LogP contribution < -0.4 is 5.32 Å². The molecule has 1 atom stereocenters. The average molecular weight is 336 g/mol. The molecule has 6 heteroatoms. The van der Waals surface area contributed by atoms with E-state index in [2.05, 4.69) is 17.5 Å². The van der Waals surface area contributed by atoms with Crippen molar-refractivity contribution in [3.63, 3.8) is 0 Å². The minimum Gasteiger partial charge on any atom is -0.326 e.